The highest BCUT2D eigenvalue weighted by Crippen LogP contribution is 2.39. The monoisotopic (exact) mass is 458 g/mol. The van der Waals surface area contributed by atoms with Crippen LogP contribution in [0, 0.1) is 18.3 Å². The number of hydrogen-bond donors (Lipinski definition) is 0. The molecule has 1 atom stereocenters. The molecule has 0 aliphatic carbocycles. The average Bonchev–Trinajstić information content (AvgIpc) is 2.94. The van der Waals surface area contributed by atoms with E-state index in [9.17, 15) is 5.26 Å². The van der Waals surface area contributed by atoms with E-state index in [4.69, 9.17) is 8.85 Å². The van der Waals surface area contributed by atoms with Crippen LogP contribution in [0.4, 0.5) is 0 Å². The molecule has 0 aliphatic heterocycles. The van der Waals surface area contributed by atoms with Gasteiger partial charge in [0.1, 0.15) is 11.8 Å². The van der Waals surface area contributed by atoms with Gasteiger partial charge in [0, 0.05) is 10.9 Å². The molecule has 172 valence electrons. The molecule has 1 aromatic carbocycles. The fourth-order valence-corrected chi connectivity index (χ4v) is 5.48. The first-order valence-corrected chi connectivity index (χ1v) is 17.1. The lowest BCUT2D eigenvalue weighted by Crippen LogP contribution is -2.49. The SMILES string of the molecule is Cc1ccc2c(c1)cc(C#N)n2C[C@@H](CO[Si](C)(C)C(C)(C)C)O[Si](C)(C)C(C)(C)C. The number of nitriles is 1. The van der Waals surface area contributed by atoms with Gasteiger partial charge in [0.25, 0.3) is 0 Å². The number of benzene rings is 1. The predicted molar refractivity (Wildman–Crippen MR) is 137 cm³/mol. The Morgan fingerprint density at radius 2 is 1.55 bits per heavy atom. The minimum atomic E-state index is -2.01. The van der Waals surface area contributed by atoms with Crippen molar-refractivity contribution in [2.75, 3.05) is 6.61 Å². The molecule has 0 saturated heterocycles. The lowest BCUT2D eigenvalue weighted by atomic mass is 10.2. The Hall–Kier alpha value is -1.40. The minimum absolute atomic E-state index is 0.0981. The Morgan fingerprint density at radius 1 is 0.968 bits per heavy atom. The Bertz CT molecular complexity index is 957. The van der Waals surface area contributed by atoms with Crippen molar-refractivity contribution in [1.29, 1.82) is 5.26 Å². The van der Waals surface area contributed by atoms with Crippen LogP contribution in [-0.2, 0) is 15.4 Å². The number of fused-ring (bicyclic) bond motifs is 1. The first-order valence-electron chi connectivity index (χ1n) is 11.3. The molecule has 31 heavy (non-hydrogen) atoms. The van der Waals surface area contributed by atoms with E-state index in [-0.39, 0.29) is 16.2 Å². The van der Waals surface area contributed by atoms with Crippen molar-refractivity contribution in [3.8, 4) is 6.07 Å². The summed E-state index contributed by atoms with van der Waals surface area (Å²) in [5.41, 5.74) is 2.96. The summed E-state index contributed by atoms with van der Waals surface area (Å²) in [5, 5.41) is 11.2. The number of aromatic nitrogens is 1. The lowest BCUT2D eigenvalue weighted by Gasteiger charge is -2.41. The van der Waals surface area contributed by atoms with Crippen LogP contribution in [-0.4, -0.2) is 33.9 Å². The van der Waals surface area contributed by atoms with Crippen LogP contribution < -0.4 is 0 Å². The third kappa shape index (κ3) is 5.89. The Morgan fingerprint density at radius 3 is 2.06 bits per heavy atom. The van der Waals surface area contributed by atoms with Crippen molar-refractivity contribution < 1.29 is 8.85 Å². The lowest BCUT2D eigenvalue weighted by molar-refractivity contribution is 0.0943. The van der Waals surface area contributed by atoms with Gasteiger partial charge in [-0.1, -0.05) is 53.2 Å². The summed E-state index contributed by atoms with van der Waals surface area (Å²) >= 11 is 0. The van der Waals surface area contributed by atoms with Crippen LogP contribution in [0.25, 0.3) is 10.9 Å². The first kappa shape index (κ1) is 25.9. The van der Waals surface area contributed by atoms with E-state index in [1.54, 1.807) is 0 Å². The highest BCUT2D eigenvalue weighted by atomic mass is 28.4. The molecule has 0 fully saturated rings. The number of rotatable bonds is 7. The summed E-state index contributed by atoms with van der Waals surface area (Å²) in [5.74, 6) is 0. The van der Waals surface area contributed by atoms with Crippen LogP contribution in [0.3, 0.4) is 0 Å². The molecule has 0 bridgehead atoms. The maximum Gasteiger partial charge on any atom is 0.192 e. The molecule has 2 aromatic rings. The van der Waals surface area contributed by atoms with Crippen molar-refractivity contribution in [3.05, 3.63) is 35.5 Å². The Kier molecular flexibility index (Phi) is 7.39. The summed E-state index contributed by atoms with van der Waals surface area (Å²) in [6, 6.07) is 10.7. The maximum atomic E-state index is 9.80. The van der Waals surface area contributed by atoms with Gasteiger partial charge in [-0.2, -0.15) is 5.26 Å². The molecular formula is C25H42N2O2Si2. The summed E-state index contributed by atoms with van der Waals surface area (Å²) in [4.78, 5) is 0. The third-order valence-corrected chi connectivity index (χ3v) is 16.3. The van der Waals surface area contributed by atoms with Gasteiger partial charge in [-0.15, -0.1) is 0 Å². The molecule has 1 aromatic heterocycles. The van der Waals surface area contributed by atoms with E-state index in [0.717, 1.165) is 10.9 Å². The molecular weight excluding hydrogens is 416 g/mol. The van der Waals surface area contributed by atoms with Crippen molar-refractivity contribution in [3.63, 3.8) is 0 Å². The fraction of sp³-hybridized carbons (Fsp3) is 0.640. The molecule has 1 heterocycles. The highest BCUT2D eigenvalue weighted by molar-refractivity contribution is 6.74. The molecule has 0 N–H and O–H groups in total. The second-order valence-electron chi connectivity index (χ2n) is 11.9. The van der Waals surface area contributed by atoms with Crippen molar-refractivity contribution >= 4 is 27.5 Å². The van der Waals surface area contributed by atoms with Crippen molar-refractivity contribution in [2.45, 2.75) is 97.4 Å². The number of hydrogen-bond acceptors (Lipinski definition) is 3. The number of nitrogens with zero attached hydrogens (tertiary/aromatic N) is 2. The standard InChI is InChI=1S/C25H42N2O2Si2/c1-19-12-13-23-20(14-19)15-21(16-26)27(23)17-22(29-31(10,11)25(5,6)7)18-28-30(8,9)24(2,3)4/h12-15,22H,17-18H2,1-11H3/t22-/m0/s1. The van der Waals surface area contributed by atoms with Crippen LogP contribution in [0.2, 0.25) is 36.3 Å². The minimum Gasteiger partial charge on any atom is -0.414 e. The molecule has 6 heteroatoms. The van der Waals surface area contributed by atoms with Gasteiger partial charge in [-0.05, 0) is 61.4 Å². The van der Waals surface area contributed by atoms with Crippen molar-refractivity contribution in [2.24, 2.45) is 0 Å². The summed E-state index contributed by atoms with van der Waals surface area (Å²) in [6.45, 7) is 26.0. The topological polar surface area (TPSA) is 47.2 Å². The maximum absolute atomic E-state index is 9.80. The molecule has 0 aliphatic rings. The second-order valence-corrected chi connectivity index (χ2v) is 21.5. The quantitative estimate of drug-likeness (QED) is 0.411. The van der Waals surface area contributed by atoms with Gasteiger partial charge < -0.3 is 13.4 Å². The van der Waals surface area contributed by atoms with Gasteiger partial charge in [0.15, 0.2) is 16.6 Å². The van der Waals surface area contributed by atoms with Crippen LogP contribution in [0.15, 0.2) is 24.3 Å². The molecule has 0 amide bonds. The van der Waals surface area contributed by atoms with Gasteiger partial charge in [0.2, 0.25) is 0 Å². The van der Waals surface area contributed by atoms with Gasteiger partial charge >= 0.3 is 0 Å². The van der Waals surface area contributed by atoms with Crippen LogP contribution >= 0.6 is 0 Å². The zero-order valence-electron chi connectivity index (χ0n) is 21.5. The van der Waals surface area contributed by atoms with Gasteiger partial charge in [0.05, 0.1) is 19.3 Å². The second kappa shape index (κ2) is 8.86. The summed E-state index contributed by atoms with van der Waals surface area (Å²) < 4.78 is 15.6. The summed E-state index contributed by atoms with van der Waals surface area (Å²) in [6.07, 6.45) is -0.0981. The van der Waals surface area contributed by atoms with E-state index in [0.29, 0.717) is 18.8 Å². The van der Waals surface area contributed by atoms with Crippen LogP contribution in [0.5, 0.6) is 0 Å². The predicted octanol–water partition coefficient (Wildman–Crippen LogP) is 7.23. The van der Waals surface area contributed by atoms with Crippen molar-refractivity contribution in [1.82, 2.24) is 4.57 Å². The van der Waals surface area contributed by atoms with E-state index < -0.39 is 16.6 Å². The summed E-state index contributed by atoms with van der Waals surface area (Å²) in [7, 11) is -3.92. The smallest absolute Gasteiger partial charge is 0.192 e. The first-order chi connectivity index (χ1) is 14.0. The van der Waals surface area contributed by atoms with Gasteiger partial charge in [-0.3, -0.25) is 0 Å². The molecule has 0 unspecified atom stereocenters. The zero-order valence-corrected chi connectivity index (χ0v) is 23.5. The molecule has 0 saturated carbocycles. The fourth-order valence-electron chi connectivity index (χ4n) is 3.12. The number of aryl methyl sites for hydroxylation is 1. The van der Waals surface area contributed by atoms with E-state index >= 15 is 0 Å². The van der Waals surface area contributed by atoms with E-state index in [1.807, 2.05) is 6.07 Å². The largest absolute Gasteiger partial charge is 0.414 e. The zero-order chi connectivity index (χ0) is 23.8. The van der Waals surface area contributed by atoms with Crippen LogP contribution in [0.1, 0.15) is 52.8 Å². The van der Waals surface area contributed by atoms with E-state index in [1.165, 1.54) is 5.56 Å². The Labute approximate surface area is 191 Å². The normalized spacial score (nSPS) is 14.6. The molecule has 0 radical (unpaired) electrons. The van der Waals surface area contributed by atoms with E-state index in [2.05, 4.69) is 103 Å². The molecule has 0 spiro atoms. The van der Waals surface area contributed by atoms with Gasteiger partial charge in [-0.25, -0.2) is 0 Å². The molecule has 2 rings (SSSR count). The highest BCUT2D eigenvalue weighted by Gasteiger charge is 2.41. The Balaban J connectivity index is 2.42. The molecule has 4 nitrogen and oxygen atoms in total. The average molecular weight is 459 g/mol. The third-order valence-electron chi connectivity index (χ3n) is 7.26.